The number of hydrogen-bond donors (Lipinski definition) is 2. The molecule has 106 valence electrons. The van der Waals surface area contributed by atoms with Crippen LogP contribution in [0.15, 0.2) is 0 Å². The van der Waals surface area contributed by atoms with E-state index in [1.54, 1.807) is 0 Å². The number of hydrogen-bond acceptors (Lipinski definition) is 3. The summed E-state index contributed by atoms with van der Waals surface area (Å²) < 4.78 is 0. The Labute approximate surface area is 112 Å². The zero-order chi connectivity index (χ0) is 12.8. The number of nitrogens with zero attached hydrogens (tertiary/aromatic N) is 1. The molecule has 1 aliphatic carbocycles. The van der Waals surface area contributed by atoms with E-state index in [0.717, 1.165) is 6.54 Å². The highest BCUT2D eigenvalue weighted by Gasteiger charge is 2.32. The van der Waals surface area contributed by atoms with Gasteiger partial charge in [-0.15, -0.1) is 0 Å². The van der Waals surface area contributed by atoms with E-state index in [-0.39, 0.29) is 5.41 Å². The maximum Gasteiger partial charge on any atom is 0.0499 e. The van der Waals surface area contributed by atoms with Crippen molar-refractivity contribution in [3.63, 3.8) is 0 Å². The van der Waals surface area contributed by atoms with Crippen LogP contribution in [-0.2, 0) is 0 Å². The molecule has 2 rings (SSSR count). The van der Waals surface area contributed by atoms with Gasteiger partial charge in [-0.1, -0.05) is 26.2 Å². The molecule has 1 saturated heterocycles. The molecule has 1 heterocycles. The summed E-state index contributed by atoms with van der Waals surface area (Å²) in [5.74, 6) is 0. The highest BCUT2D eigenvalue weighted by Crippen LogP contribution is 2.35. The molecule has 1 unspecified atom stereocenters. The fourth-order valence-electron chi connectivity index (χ4n) is 3.56. The van der Waals surface area contributed by atoms with Crippen LogP contribution in [0.25, 0.3) is 0 Å². The van der Waals surface area contributed by atoms with Gasteiger partial charge in [0.2, 0.25) is 0 Å². The van der Waals surface area contributed by atoms with Gasteiger partial charge in [-0.05, 0) is 38.8 Å². The van der Waals surface area contributed by atoms with Crippen molar-refractivity contribution in [2.45, 2.75) is 57.9 Å². The van der Waals surface area contributed by atoms with Crippen molar-refractivity contribution in [3.05, 3.63) is 0 Å². The fraction of sp³-hybridized carbons (Fsp3) is 1.00. The lowest BCUT2D eigenvalue weighted by Crippen LogP contribution is -2.49. The molecule has 3 heteroatoms. The Morgan fingerprint density at radius 1 is 1.22 bits per heavy atom. The normalized spacial score (nSPS) is 29.3. The zero-order valence-electron chi connectivity index (χ0n) is 12.0. The first-order valence-corrected chi connectivity index (χ1v) is 7.84. The SMILES string of the molecule is CCN1CCCC(NCC2(CO)CCCCC2)C1. The summed E-state index contributed by atoms with van der Waals surface area (Å²) in [7, 11) is 0. The molecule has 1 aliphatic heterocycles. The van der Waals surface area contributed by atoms with Gasteiger partial charge >= 0.3 is 0 Å². The largest absolute Gasteiger partial charge is 0.396 e. The molecule has 0 spiro atoms. The predicted molar refractivity (Wildman–Crippen MR) is 75.7 cm³/mol. The first-order chi connectivity index (χ1) is 8.78. The van der Waals surface area contributed by atoms with Gasteiger partial charge in [-0.3, -0.25) is 0 Å². The number of likely N-dealkylation sites (tertiary alicyclic amines) is 1. The lowest BCUT2D eigenvalue weighted by atomic mass is 9.74. The minimum atomic E-state index is 0.187. The quantitative estimate of drug-likeness (QED) is 0.788. The summed E-state index contributed by atoms with van der Waals surface area (Å²) in [5, 5.41) is 13.5. The second-order valence-corrected chi connectivity index (χ2v) is 6.33. The highest BCUT2D eigenvalue weighted by molar-refractivity contribution is 4.87. The third-order valence-electron chi connectivity index (χ3n) is 4.97. The van der Waals surface area contributed by atoms with Crippen LogP contribution in [0.2, 0.25) is 0 Å². The molecule has 2 N–H and O–H groups in total. The average Bonchev–Trinajstić information content (AvgIpc) is 2.46. The number of nitrogens with one attached hydrogen (secondary N) is 1. The van der Waals surface area contributed by atoms with Crippen molar-refractivity contribution in [1.82, 2.24) is 10.2 Å². The van der Waals surface area contributed by atoms with Crippen molar-refractivity contribution in [1.29, 1.82) is 0 Å². The first-order valence-electron chi connectivity index (χ1n) is 7.84. The molecule has 3 nitrogen and oxygen atoms in total. The predicted octanol–water partition coefficient (Wildman–Crippen LogP) is 2.00. The minimum Gasteiger partial charge on any atom is -0.396 e. The van der Waals surface area contributed by atoms with Crippen LogP contribution >= 0.6 is 0 Å². The Morgan fingerprint density at radius 3 is 2.67 bits per heavy atom. The molecule has 1 atom stereocenters. The molecule has 0 aromatic carbocycles. The Hall–Kier alpha value is -0.120. The van der Waals surface area contributed by atoms with Crippen molar-refractivity contribution in [2.24, 2.45) is 5.41 Å². The van der Waals surface area contributed by atoms with Crippen LogP contribution in [0.3, 0.4) is 0 Å². The molecule has 18 heavy (non-hydrogen) atoms. The monoisotopic (exact) mass is 254 g/mol. The Kier molecular flexibility index (Phi) is 5.46. The molecule has 2 fully saturated rings. The lowest BCUT2D eigenvalue weighted by molar-refractivity contribution is 0.0731. The van der Waals surface area contributed by atoms with E-state index < -0.39 is 0 Å². The van der Waals surface area contributed by atoms with E-state index >= 15 is 0 Å². The van der Waals surface area contributed by atoms with Crippen LogP contribution in [0.5, 0.6) is 0 Å². The van der Waals surface area contributed by atoms with Crippen LogP contribution in [-0.4, -0.2) is 48.8 Å². The van der Waals surface area contributed by atoms with Gasteiger partial charge < -0.3 is 15.3 Å². The van der Waals surface area contributed by atoms with E-state index in [0.29, 0.717) is 12.6 Å². The molecule has 0 bridgehead atoms. The molecule has 0 aromatic rings. The van der Waals surface area contributed by atoms with Crippen LogP contribution < -0.4 is 5.32 Å². The van der Waals surface area contributed by atoms with Gasteiger partial charge in [0, 0.05) is 31.2 Å². The van der Waals surface area contributed by atoms with Crippen molar-refractivity contribution >= 4 is 0 Å². The van der Waals surface area contributed by atoms with Gasteiger partial charge in [0.05, 0.1) is 0 Å². The maximum absolute atomic E-state index is 9.72. The molecule has 0 amide bonds. The Balaban J connectivity index is 1.78. The van der Waals surface area contributed by atoms with Gasteiger partial charge in [-0.2, -0.15) is 0 Å². The number of rotatable bonds is 5. The van der Waals surface area contributed by atoms with Gasteiger partial charge in [-0.25, -0.2) is 0 Å². The third kappa shape index (κ3) is 3.69. The standard InChI is InChI=1S/C15H30N2O/c1-2-17-10-6-7-14(11-17)16-12-15(13-18)8-4-3-5-9-15/h14,16,18H,2-13H2,1H3. The number of piperidine rings is 1. The smallest absolute Gasteiger partial charge is 0.0499 e. The Bertz CT molecular complexity index is 239. The number of aliphatic hydroxyl groups is 1. The second kappa shape index (κ2) is 6.88. The molecular formula is C15H30N2O. The average molecular weight is 254 g/mol. The molecular weight excluding hydrogens is 224 g/mol. The first kappa shape index (κ1) is 14.3. The van der Waals surface area contributed by atoms with E-state index in [9.17, 15) is 5.11 Å². The zero-order valence-corrected chi connectivity index (χ0v) is 12.0. The number of likely N-dealkylation sites (N-methyl/N-ethyl adjacent to an activating group) is 1. The van der Waals surface area contributed by atoms with E-state index in [1.807, 2.05) is 0 Å². The Morgan fingerprint density at radius 2 is 2.00 bits per heavy atom. The highest BCUT2D eigenvalue weighted by atomic mass is 16.3. The summed E-state index contributed by atoms with van der Waals surface area (Å²) in [5.41, 5.74) is 0.187. The summed E-state index contributed by atoms with van der Waals surface area (Å²) in [4.78, 5) is 2.54. The fourth-order valence-corrected chi connectivity index (χ4v) is 3.56. The minimum absolute atomic E-state index is 0.187. The van der Waals surface area contributed by atoms with Gasteiger partial charge in [0.25, 0.3) is 0 Å². The van der Waals surface area contributed by atoms with Crippen LogP contribution in [0.4, 0.5) is 0 Å². The maximum atomic E-state index is 9.72. The summed E-state index contributed by atoms with van der Waals surface area (Å²) in [6.45, 7) is 7.26. The topological polar surface area (TPSA) is 35.5 Å². The van der Waals surface area contributed by atoms with Gasteiger partial charge in [0.15, 0.2) is 0 Å². The summed E-state index contributed by atoms with van der Waals surface area (Å²) >= 11 is 0. The van der Waals surface area contributed by atoms with Crippen molar-refractivity contribution < 1.29 is 5.11 Å². The number of aliphatic hydroxyl groups excluding tert-OH is 1. The molecule has 0 aromatic heterocycles. The molecule has 0 radical (unpaired) electrons. The van der Waals surface area contributed by atoms with Crippen LogP contribution in [0.1, 0.15) is 51.9 Å². The van der Waals surface area contributed by atoms with E-state index in [2.05, 4.69) is 17.1 Å². The third-order valence-corrected chi connectivity index (χ3v) is 4.97. The molecule has 2 aliphatic rings. The second-order valence-electron chi connectivity index (χ2n) is 6.33. The summed E-state index contributed by atoms with van der Waals surface area (Å²) in [6, 6.07) is 0.643. The van der Waals surface area contributed by atoms with E-state index in [4.69, 9.17) is 0 Å². The summed E-state index contributed by atoms with van der Waals surface area (Å²) in [6.07, 6.45) is 8.99. The van der Waals surface area contributed by atoms with Gasteiger partial charge in [0.1, 0.15) is 0 Å². The molecule has 1 saturated carbocycles. The van der Waals surface area contributed by atoms with Crippen molar-refractivity contribution in [2.75, 3.05) is 32.8 Å². The van der Waals surface area contributed by atoms with Crippen molar-refractivity contribution in [3.8, 4) is 0 Å². The van der Waals surface area contributed by atoms with Crippen LogP contribution in [0, 0.1) is 5.41 Å². The lowest BCUT2D eigenvalue weighted by Gasteiger charge is -2.39. The van der Waals surface area contributed by atoms with E-state index in [1.165, 1.54) is 64.6 Å².